The van der Waals surface area contributed by atoms with Gasteiger partial charge in [-0.05, 0) is 5.56 Å². The van der Waals surface area contributed by atoms with E-state index < -0.39 is 5.56 Å². The molecule has 0 spiro atoms. The Morgan fingerprint density at radius 1 is 1.43 bits per heavy atom. The molecule has 1 aromatic heterocycles. The molecule has 0 aliphatic rings. The summed E-state index contributed by atoms with van der Waals surface area (Å²) in [7, 11) is 0. The predicted molar refractivity (Wildman–Crippen MR) is 88.5 cm³/mol. The summed E-state index contributed by atoms with van der Waals surface area (Å²) in [5.74, 6) is 11.1. The third kappa shape index (κ3) is 4.32. The molecule has 1 aromatic carbocycles. The van der Waals surface area contributed by atoms with Crippen LogP contribution in [0.1, 0.15) is 16.8 Å². The van der Waals surface area contributed by atoms with E-state index in [0.29, 0.717) is 28.9 Å². The third-order valence-corrected chi connectivity index (χ3v) is 3.85. The van der Waals surface area contributed by atoms with Crippen LogP contribution in [0.3, 0.4) is 0 Å². The average molecular weight is 329 g/mol. The monoisotopic (exact) mass is 329 g/mol. The van der Waals surface area contributed by atoms with E-state index in [9.17, 15) is 10.1 Å². The van der Waals surface area contributed by atoms with Crippen LogP contribution in [-0.4, -0.2) is 21.6 Å². The molecule has 1 heterocycles. The second kappa shape index (κ2) is 7.98. The van der Waals surface area contributed by atoms with Crippen LogP contribution in [0.25, 0.3) is 0 Å². The number of hydrazine groups is 1. The highest BCUT2D eigenvalue weighted by Gasteiger charge is 2.12. The molecule has 0 unspecified atom stereocenters. The molecule has 0 amide bonds. The van der Waals surface area contributed by atoms with Gasteiger partial charge in [-0.3, -0.25) is 4.79 Å². The van der Waals surface area contributed by atoms with Gasteiger partial charge in [0.05, 0.1) is 11.4 Å². The summed E-state index contributed by atoms with van der Waals surface area (Å²) in [5.41, 5.74) is 3.28. The molecule has 6 N–H and O–H groups in total. The lowest BCUT2D eigenvalue weighted by molar-refractivity contribution is 0.871. The quantitative estimate of drug-likeness (QED) is 0.151. The Hall–Kier alpha value is -2.83. The standard InChI is InChI=1S/C14H15N7OS/c15-7-10-11(6-9-4-2-1-3-5-9)18-14(19-13(10)22)23-8-12(20-16)21-17/h1-5H,6,8,16-17H2,(H,20,21)(H,18,19,22). The topological polar surface area (TPSA) is 146 Å². The van der Waals surface area contributed by atoms with Gasteiger partial charge in [-0.2, -0.15) is 10.4 Å². The Kier molecular flexibility index (Phi) is 5.74. The molecular weight excluding hydrogens is 314 g/mol. The Morgan fingerprint density at radius 3 is 2.78 bits per heavy atom. The minimum atomic E-state index is -0.470. The minimum Gasteiger partial charge on any atom is -0.322 e. The molecule has 0 saturated heterocycles. The van der Waals surface area contributed by atoms with E-state index in [1.807, 2.05) is 36.4 Å². The lowest BCUT2D eigenvalue weighted by Gasteiger charge is -2.07. The van der Waals surface area contributed by atoms with E-state index >= 15 is 0 Å². The lowest BCUT2D eigenvalue weighted by Crippen LogP contribution is -2.33. The molecule has 2 aromatic rings. The lowest BCUT2D eigenvalue weighted by atomic mass is 10.1. The van der Waals surface area contributed by atoms with E-state index in [1.54, 1.807) is 0 Å². The van der Waals surface area contributed by atoms with E-state index in [4.69, 9.17) is 11.7 Å². The van der Waals surface area contributed by atoms with Gasteiger partial charge < -0.3 is 16.3 Å². The normalized spacial score (nSPS) is 11.0. The number of hydrazone groups is 1. The second-order valence-electron chi connectivity index (χ2n) is 4.48. The van der Waals surface area contributed by atoms with Crippen molar-refractivity contribution in [3.05, 3.63) is 57.5 Å². The van der Waals surface area contributed by atoms with Crippen LogP contribution in [0.5, 0.6) is 0 Å². The van der Waals surface area contributed by atoms with Crippen LogP contribution < -0.4 is 22.7 Å². The number of nitrogens with two attached hydrogens (primary N) is 2. The molecule has 0 fully saturated rings. The number of thioether (sulfide) groups is 1. The van der Waals surface area contributed by atoms with Gasteiger partial charge in [-0.15, -0.1) is 0 Å². The summed E-state index contributed by atoms with van der Waals surface area (Å²) >= 11 is 1.21. The maximum Gasteiger partial charge on any atom is 0.269 e. The van der Waals surface area contributed by atoms with Crippen molar-refractivity contribution in [1.82, 2.24) is 15.4 Å². The summed E-state index contributed by atoms with van der Waals surface area (Å²) in [4.78, 5) is 19.0. The smallest absolute Gasteiger partial charge is 0.269 e. The van der Waals surface area contributed by atoms with Gasteiger partial charge in [0, 0.05) is 6.42 Å². The largest absolute Gasteiger partial charge is 0.322 e. The van der Waals surface area contributed by atoms with Crippen LogP contribution in [0.2, 0.25) is 0 Å². The number of amidine groups is 1. The van der Waals surface area contributed by atoms with E-state index in [-0.39, 0.29) is 5.56 Å². The van der Waals surface area contributed by atoms with Crippen molar-refractivity contribution in [3.8, 4) is 6.07 Å². The van der Waals surface area contributed by atoms with E-state index in [1.165, 1.54) is 11.8 Å². The first-order chi connectivity index (χ1) is 11.2. The Balaban J connectivity index is 2.30. The van der Waals surface area contributed by atoms with Crippen LogP contribution in [0.4, 0.5) is 0 Å². The molecule has 2 rings (SSSR count). The zero-order chi connectivity index (χ0) is 16.7. The highest BCUT2D eigenvalue weighted by molar-refractivity contribution is 7.99. The highest BCUT2D eigenvalue weighted by atomic mass is 32.2. The number of hydrogen-bond donors (Lipinski definition) is 4. The van der Waals surface area contributed by atoms with Gasteiger partial charge in [0.25, 0.3) is 5.56 Å². The second-order valence-corrected chi connectivity index (χ2v) is 5.44. The molecule has 0 bridgehead atoms. The predicted octanol–water partition coefficient (Wildman–Crippen LogP) is 0.0600. The van der Waals surface area contributed by atoms with E-state index in [0.717, 1.165) is 5.56 Å². The van der Waals surface area contributed by atoms with Crippen LogP contribution in [0.15, 0.2) is 45.4 Å². The molecule has 118 valence electrons. The first-order valence-corrected chi connectivity index (χ1v) is 7.60. The fourth-order valence-corrected chi connectivity index (χ4v) is 2.62. The summed E-state index contributed by atoms with van der Waals surface area (Å²) in [6.45, 7) is 0. The van der Waals surface area contributed by atoms with Gasteiger partial charge in [-0.25, -0.2) is 10.8 Å². The van der Waals surface area contributed by atoms with Crippen LogP contribution >= 0.6 is 11.8 Å². The van der Waals surface area contributed by atoms with Crippen molar-refractivity contribution >= 4 is 17.6 Å². The van der Waals surface area contributed by atoms with E-state index in [2.05, 4.69) is 20.5 Å². The first kappa shape index (κ1) is 16.5. The van der Waals surface area contributed by atoms with Crippen molar-refractivity contribution in [2.45, 2.75) is 11.6 Å². The van der Waals surface area contributed by atoms with Gasteiger partial charge >= 0.3 is 0 Å². The fraction of sp³-hybridized carbons (Fsp3) is 0.143. The molecule has 0 saturated carbocycles. The average Bonchev–Trinajstić information content (AvgIpc) is 2.56. The van der Waals surface area contributed by atoms with Gasteiger partial charge in [0.2, 0.25) is 0 Å². The SMILES string of the molecule is N#Cc1c(Cc2ccccc2)nc(SC/C(=N/N)NN)[nH]c1=O. The van der Waals surface area contributed by atoms with Crippen molar-refractivity contribution in [2.75, 3.05) is 5.75 Å². The molecular formula is C14H15N7OS. The molecule has 0 aliphatic carbocycles. The van der Waals surface area contributed by atoms with Crippen molar-refractivity contribution in [1.29, 1.82) is 5.26 Å². The van der Waals surface area contributed by atoms with Crippen molar-refractivity contribution in [3.63, 3.8) is 0 Å². The minimum absolute atomic E-state index is 0.0165. The Labute approximate surface area is 136 Å². The van der Waals surface area contributed by atoms with Gasteiger partial charge in [0.15, 0.2) is 5.16 Å². The first-order valence-electron chi connectivity index (χ1n) is 6.61. The number of nitrogens with one attached hydrogen (secondary N) is 2. The summed E-state index contributed by atoms with van der Waals surface area (Å²) in [6, 6.07) is 11.4. The number of benzene rings is 1. The maximum atomic E-state index is 12.0. The zero-order valence-electron chi connectivity index (χ0n) is 12.1. The molecule has 23 heavy (non-hydrogen) atoms. The number of aromatic nitrogens is 2. The summed E-state index contributed by atoms with van der Waals surface area (Å²) in [6.07, 6.45) is 0.397. The molecule has 0 radical (unpaired) electrons. The van der Waals surface area contributed by atoms with Crippen LogP contribution in [0, 0.1) is 11.3 Å². The third-order valence-electron chi connectivity index (χ3n) is 2.97. The summed E-state index contributed by atoms with van der Waals surface area (Å²) in [5, 5.41) is 13.0. The zero-order valence-corrected chi connectivity index (χ0v) is 12.9. The number of nitrogens with zero attached hydrogens (tertiary/aromatic N) is 3. The molecule has 0 aliphatic heterocycles. The number of H-pyrrole nitrogens is 1. The fourth-order valence-electron chi connectivity index (χ4n) is 1.85. The Morgan fingerprint density at radius 2 is 2.17 bits per heavy atom. The van der Waals surface area contributed by atoms with Gasteiger partial charge in [-0.1, -0.05) is 42.1 Å². The van der Waals surface area contributed by atoms with Crippen molar-refractivity contribution in [2.24, 2.45) is 16.8 Å². The van der Waals surface area contributed by atoms with Crippen molar-refractivity contribution < 1.29 is 0 Å². The van der Waals surface area contributed by atoms with Gasteiger partial charge in [0.1, 0.15) is 17.5 Å². The summed E-state index contributed by atoms with van der Waals surface area (Å²) < 4.78 is 0. The Bertz CT molecular complexity index is 795. The maximum absolute atomic E-state index is 12.0. The number of nitriles is 1. The number of aromatic amines is 1. The molecule has 0 atom stereocenters. The van der Waals surface area contributed by atoms with Crippen LogP contribution in [-0.2, 0) is 6.42 Å². The molecule has 9 heteroatoms. The highest BCUT2D eigenvalue weighted by Crippen LogP contribution is 2.15. The number of hydrogen-bond acceptors (Lipinski definition) is 7. The number of rotatable bonds is 5. The molecule has 8 nitrogen and oxygen atoms in total.